The zero-order valence-corrected chi connectivity index (χ0v) is 19.8. The first kappa shape index (κ1) is 25.3. The molecule has 4 aromatic carbocycles. The van der Waals surface area contributed by atoms with Crippen molar-refractivity contribution in [1.82, 2.24) is 0 Å². The van der Waals surface area contributed by atoms with E-state index < -0.39 is 9.85 Å². The average Bonchev–Trinajstić information content (AvgIpc) is 2.93. The topological polar surface area (TPSA) is 114 Å². The van der Waals surface area contributed by atoms with Crippen LogP contribution in [0.25, 0.3) is 22.3 Å². The second-order valence-electron chi connectivity index (χ2n) is 7.92. The normalized spacial score (nSPS) is 10.6. The number of nitrogens with zero attached hydrogens (tertiary/aromatic N) is 2. The summed E-state index contributed by atoms with van der Waals surface area (Å²) in [4.78, 5) is 22.1. The molecule has 188 valence electrons. The smallest absolute Gasteiger partial charge is 0.311 e. The van der Waals surface area contributed by atoms with Gasteiger partial charge in [-0.2, -0.15) is 0 Å². The maximum Gasteiger partial charge on any atom is 0.311 e. The Morgan fingerprint density at radius 2 is 0.919 bits per heavy atom. The van der Waals surface area contributed by atoms with Crippen LogP contribution in [0, 0.1) is 20.2 Å². The van der Waals surface area contributed by atoms with Gasteiger partial charge >= 0.3 is 11.4 Å². The van der Waals surface area contributed by atoms with Crippen molar-refractivity contribution < 1.29 is 24.1 Å². The Balaban J connectivity index is 1.26. The first-order valence-electron chi connectivity index (χ1n) is 11.5. The third kappa shape index (κ3) is 6.68. The van der Waals surface area contributed by atoms with Crippen LogP contribution in [-0.2, 0) is 4.74 Å². The highest BCUT2D eigenvalue weighted by molar-refractivity contribution is 5.69. The fraction of sp³-hybridized carbons (Fsp3) is 0.143. The van der Waals surface area contributed by atoms with Crippen molar-refractivity contribution >= 4 is 11.4 Å². The van der Waals surface area contributed by atoms with Crippen LogP contribution in [0.5, 0.6) is 11.5 Å². The summed E-state index contributed by atoms with van der Waals surface area (Å²) in [5.41, 5.74) is 2.93. The number of nitro benzene ring substituents is 2. The fourth-order valence-electron chi connectivity index (χ4n) is 3.71. The maximum absolute atomic E-state index is 11.5. The van der Waals surface area contributed by atoms with Crippen LogP contribution >= 0.6 is 0 Å². The Morgan fingerprint density at radius 1 is 0.514 bits per heavy atom. The summed E-state index contributed by atoms with van der Waals surface area (Å²) in [6.07, 6.45) is 0. The molecule has 0 spiro atoms. The molecule has 0 bridgehead atoms. The number of nitro groups is 2. The number of hydrogen-bond acceptors (Lipinski definition) is 7. The second-order valence-corrected chi connectivity index (χ2v) is 7.92. The highest BCUT2D eigenvalue weighted by Crippen LogP contribution is 2.33. The zero-order chi connectivity index (χ0) is 26.0. The molecule has 0 aliphatic heterocycles. The van der Waals surface area contributed by atoms with E-state index in [2.05, 4.69) is 0 Å². The van der Waals surface area contributed by atoms with E-state index in [1.54, 1.807) is 24.3 Å². The Kier molecular flexibility index (Phi) is 8.41. The first-order valence-corrected chi connectivity index (χ1v) is 11.5. The van der Waals surface area contributed by atoms with Crippen molar-refractivity contribution in [2.45, 2.75) is 0 Å². The molecule has 0 atom stereocenters. The first-order chi connectivity index (χ1) is 18.0. The van der Waals surface area contributed by atoms with Crippen molar-refractivity contribution in [2.24, 2.45) is 0 Å². The lowest BCUT2D eigenvalue weighted by atomic mass is 10.0. The summed E-state index contributed by atoms with van der Waals surface area (Å²) >= 11 is 0. The molecular formula is C28H24N2O7. The Morgan fingerprint density at radius 3 is 1.30 bits per heavy atom. The number of ether oxygens (including phenoxy) is 3. The second kappa shape index (κ2) is 12.3. The summed E-state index contributed by atoms with van der Waals surface area (Å²) in [5.74, 6) is 0.303. The van der Waals surface area contributed by atoms with E-state index in [4.69, 9.17) is 14.2 Å². The van der Waals surface area contributed by atoms with Gasteiger partial charge < -0.3 is 14.2 Å². The van der Waals surface area contributed by atoms with Crippen LogP contribution in [-0.4, -0.2) is 36.3 Å². The zero-order valence-electron chi connectivity index (χ0n) is 19.8. The summed E-state index contributed by atoms with van der Waals surface area (Å²) in [6, 6.07) is 28.4. The van der Waals surface area contributed by atoms with Crippen molar-refractivity contribution in [3.63, 3.8) is 0 Å². The molecule has 0 aliphatic carbocycles. The van der Waals surface area contributed by atoms with Gasteiger partial charge in [0.2, 0.25) is 0 Å². The van der Waals surface area contributed by atoms with Crippen LogP contribution in [0.3, 0.4) is 0 Å². The molecule has 0 aliphatic rings. The Hall–Kier alpha value is -4.76. The molecule has 0 amide bonds. The lowest BCUT2D eigenvalue weighted by Gasteiger charge is -2.10. The van der Waals surface area contributed by atoms with E-state index in [1.807, 2.05) is 60.7 Å². The maximum atomic E-state index is 11.5. The average molecular weight is 501 g/mol. The van der Waals surface area contributed by atoms with Gasteiger partial charge in [-0.3, -0.25) is 20.2 Å². The summed E-state index contributed by atoms with van der Waals surface area (Å²) in [7, 11) is 0. The van der Waals surface area contributed by atoms with Crippen LogP contribution in [0.4, 0.5) is 11.4 Å². The monoisotopic (exact) mass is 500 g/mol. The molecule has 0 radical (unpaired) electrons. The lowest BCUT2D eigenvalue weighted by Crippen LogP contribution is -2.13. The lowest BCUT2D eigenvalue weighted by molar-refractivity contribution is -0.385. The molecule has 0 fully saturated rings. The van der Waals surface area contributed by atoms with Crippen molar-refractivity contribution in [1.29, 1.82) is 0 Å². The van der Waals surface area contributed by atoms with Crippen LogP contribution in [0.1, 0.15) is 0 Å². The summed E-state index contributed by atoms with van der Waals surface area (Å²) in [6.45, 7) is 0.515. The van der Waals surface area contributed by atoms with Crippen molar-refractivity contribution in [3.05, 3.63) is 117 Å². The van der Waals surface area contributed by atoms with Gasteiger partial charge in [-0.1, -0.05) is 72.8 Å². The van der Waals surface area contributed by atoms with Gasteiger partial charge in [0.1, 0.15) is 13.2 Å². The van der Waals surface area contributed by atoms with Crippen LogP contribution in [0.15, 0.2) is 97.1 Å². The molecule has 4 rings (SSSR count). The van der Waals surface area contributed by atoms with Gasteiger partial charge in [0.05, 0.1) is 23.1 Å². The van der Waals surface area contributed by atoms with E-state index in [-0.39, 0.29) is 49.3 Å². The standard InChI is InChI=1S/C28H24N2O7/c31-29(32)25-19-23(21-7-3-1-4-8-21)11-13-27(25)36-17-15-35-16-18-37-28-14-12-24(20-26(28)30(33)34)22-9-5-2-6-10-22/h1-14,19-20H,15-18H2. The summed E-state index contributed by atoms with van der Waals surface area (Å²) in [5, 5.41) is 23.0. The molecule has 4 aromatic rings. The third-order valence-corrected chi connectivity index (χ3v) is 5.50. The molecule has 0 heterocycles. The Labute approximate surface area is 213 Å². The largest absolute Gasteiger partial charge is 0.484 e. The predicted octanol–water partition coefficient (Wildman–Crippen LogP) is 6.31. The van der Waals surface area contributed by atoms with Crippen LogP contribution in [0.2, 0.25) is 0 Å². The highest BCUT2D eigenvalue weighted by atomic mass is 16.6. The molecule has 0 N–H and O–H groups in total. The van der Waals surface area contributed by atoms with Gasteiger partial charge in [-0.05, 0) is 34.4 Å². The third-order valence-electron chi connectivity index (χ3n) is 5.50. The minimum Gasteiger partial charge on any atom is -0.484 e. The van der Waals surface area contributed by atoms with Gasteiger partial charge in [-0.25, -0.2) is 0 Å². The Bertz CT molecular complexity index is 1260. The number of benzene rings is 4. The summed E-state index contributed by atoms with van der Waals surface area (Å²) < 4.78 is 16.6. The van der Waals surface area contributed by atoms with Gasteiger partial charge in [-0.15, -0.1) is 0 Å². The van der Waals surface area contributed by atoms with E-state index in [1.165, 1.54) is 12.1 Å². The van der Waals surface area contributed by atoms with Gasteiger partial charge in [0, 0.05) is 12.1 Å². The quantitative estimate of drug-likeness (QED) is 0.127. The molecular weight excluding hydrogens is 476 g/mol. The molecule has 0 aromatic heterocycles. The van der Waals surface area contributed by atoms with Crippen molar-refractivity contribution in [2.75, 3.05) is 26.4 Å². The predicted molar refractivity (Wildman–Crippen MR) is 139 cm³/mol. The highest BCUT2D eigenvalue weighted by Gasteiger charge is 2.18. The van der Waals surface area contributed by atoms with E-state index in [0.717, 1.165) is 22.3 Å². The SMILES string of the molecule is O=[N+]([O-])c1cc(-c2ccccc2)ccc1OCCOCCOc1ccc(-c2ccccc2)cc1[N+](=O)[O-]. The van der Waals surface area contributed by atoms with Gasteiger partial charge in [0.25, 0.3) is 0 Å². The van der Waals surface area contributed by atoms with E-state index >= 15 is 0 Å². The molecule has 9 nitrogen and oxygen atoms in total. The van der Waals surface area contributed by atoms with Crippen molar-refractivity contribution in [3.8, 4) is 33.8 Å². The van der Waals surface area contributed by atoms with E-state index in [0.29, 0.717) is 0 Å². The molecule has 37 heavy (non-hydrogen) atoms. The molecule has 0 saturated carbocycles. The minimum absolute atomic E-state index is 0.0947. The number of rotatable bonds is 12. The van der Waals surface area contributed by atoms with Gasteiger partial charge in [0.15, 0.2) is 11.5 Å². The molecule has 0 unspecified atom stereocenters. The van der Waals surface area contributed by atoms with Crippen LogP contribution < -0.4 is 9.47 Å². The minimum atomic E-state index is -0.480. The fourth-order valence-corrected chi connectivity index (χ4v) is 3.71. The molecule has 0 saturated heterocycles. The number of hydrogen-bond donors (Lipinski definition) is 0. The molecule has 9 heteroatoms. The van der Waals surface area contributed by atoms with E-state index in [9.17, 15) is 20.2 Å².